The molecule has 0 bridgehead atoms. The number of rotatable bonds is 7. The first-order valence-corrected chi connectivity index (χ1v) is 7.95. The van der Waals surface area contributed by atoms with Crippen LogP contribution in [0, 0.1) is 0 Å². The van der Waals surface area contributed by atoms with Crippen molar-refractivity contribution in [2.45, 2.75) is 25.8 Å². The van der Waals surface area contributed by atoms with Crippen molar-refractivity contribution < 1.29 is 4.74 Å². The number of ether oxygens (including phenoxy) is 1. The number of thiazole rings is 1. The Kier molecular flexibility index (Phi) is 5.83. The summed E-state index contributed by atoms with van der Waals surface area (Å²) >= 11 is 7.71. The third-order valence-corrected chi connectivity index (χ3v) is 4.11. The van der Waals surface area contributed by atoms with E-state index in [9.17, 15) is 0 Å². The van der Waals surface area contributed by atoms with Gasteiger partial charge >= 0.3 is 0 Å². The zero-order chi connectivity index (χ0) is 14.4. The number of hydrogen-bond acceptors (Lipinski definition) is 4. The Labute approximate surface area is 129 Å². The summed E-state index contributed by atoms with van der Waals surface area (Å²) in [6.07, 6.45) is 3.79. The lowest BCUT2D eigenvalue weighted by atomic mass is 10.0. The Morgan fingerprint density at radius 3 is 2.95 bits per heavy atom. The summed E-state index contributed by atoms with van der Waals surface area (Å²) in [6.45, 7) is 3.12. The van der Waals surface area contributed by atoms with Crippen LogP contribution in [0.25, 0.3) is 0 Å². The molecule has 0 saturated carbocycles. The summed E-state index contributed by atoms with van der Waals surface area (Å²) in [5.41, 5.74) is 1.13. The first-order valence-electron chi connectivity index (χ1n) is 6.69. The Hall–Kier alpha value is -1.10. The summed E-state index contributed by atoms with van der Waals surface area (Å²) in [7, 11) is 1.68. The highest BCUT2D eigenvalue weighted by Gasteiger charge is 2.17. The van der Waals surface area contributed by atoms with E-state index in [1.807, 2.05) is 29.8 Å². The van der Waals surface area contributed by atoms with E-state index in [0.29, 0.717) is 5.02 Å². The van der Waals surface area contributed by atoms with Crippen molar-refractivity contribution >= 4 is 22.9 Å². The molecule has 5 heteroatoms. The van der Waals surface area contributed by atoms with Crippen LogP contribution in [0.2, 0.25) is 5.02 Å². The molecule has 0 fully saturated rings. The predicted octanol–water partition coefficient (Wildman–Crippen LogP) is 4.09. The van der Waals surface area contributed by atoms with Gasteiger partial charge in [-0.15, -0.1) is 11.3 Å². The minimum atomic E-state index is 0.188. The molecule has 0 saturated heterocycles. The van der Waals surface area contributed by atoms with Crippen LogP contribution in [0.1, 0.15) is 30.0 Å². The molecule has 3 nitrogen and oxygen atoms in total. The molecule has 0 spiro atoms. The maximum absolute atomic E-state index is 6.04. The Morgan fingerprint density at radius 2 is 2.30 bits per heavy atom. The van der Waals surface area contributed by atoms with Gasteiger partial charge in [0.15, 0.2) is 0 Å². The fraction of sp³-hybridized carbons (Fsp3) is 0.400. The molecule has 1 unspecified atom stereocenters. The molecule has 0 aliphatic carbocycles. The summed E-state index contributed by atoms with van der Waals surface area (Å²) < 4.78 is 5.46. The quantitative estimate of drug-likeness (QED) is 0.836. The summed E-state index contributed by atoms with van der Waals surface area (Å²) in [5, 5.41) is 7.38. The molecule has 2 aromatic rings. The van der Waals surface area contributed by atoms with Gasteiger partial charge in [0.2, 0.25) is 0 Å². The Balaban J connectivity index is 2.25. The van der Waals surface area contributed by atoms with Crippen LogP contribution in [-0.2, 0) is 6.42 Å². The molecular weight excluding hydrogens is 292 g/mol. The van der Waals surface area contributed by atoms with Crippen LogP contribution in [-0.4, -0.2) is 18.6 Å². The second kappa shape index (κ2) is 7.62. The van der Waals surface area contributed by atoms with Crippen LogP contribution >= 0.6 is 22.9 Å². The topological polar surface area (TPSA) is 34.2 Å². The Morgan fingerprint density at radius 1 is 1.45 bits per heavy atom. The van der Waals surface area contributed by atoms with Crippen LogP contribution in [0.4, 0.5) is 0 Å². The number of hydrogen-bond donors (Lipinski definition) is 1. The highest BCUT2D eigenvalue weighted by atomic mass is 35.5. The predicted molar refractivity (Wildman–Crippen MR) is 84.9 cm³/mol. The number of methoxy groups -OCH3 is 1. The molecule has 0 aliphatic rings. The van der Waals surface area contributed by atoms with E-state index in [2.05, 4.69) is 17.2 Å². The van der Waals surface area contributed by atoms with Crippen molar-refractivity contribution in [1.29, 1.82) is 0 Å². The lowest BCUT2D eigenvalue weighted by Gasteiger charge is -2.20. The van der Waals surface area contributed by atoms with E-state index in [4.69, 9.17) is 16.3 Å². The van der Waals surface area contributed by atoms with E-state index in [-0.39, 0.29) is 6.04 Å². The van der Waals surface area contributed by atoms with Crippen LogP contribution in [0.3, 0.4) is 0 Å². The van der Waals surface area contributed by atoms with Gasteiger partial charge in [-0.1, -0.05) is 24.6 Å². The Bertz CT molecular complexity index is 531. The normalized spacial score (nSPS) is 12.3. The monoisotopic (exact) mass is 310 g/mol. The van der Waals surface area contributed by atoms with E-state index >= 15 is 0 Å². The van der Waals surface area contributed by atoms with Gasteiger partial charge in [0.1, 0.15) is 5.75 Å². The summed E-state index contributed by atoms with van der Waals surface area (Å²) in [5.74, 6) is 0.822. The summed E-state index contributed by atoms with van der Waals surface area (Å²) in [6, 6.07) is 5.98. The molecule has 1 atom stereocenters. The lowest BCUT2D eigenvalue weighted by Crippen LogP contribution is -2.24. The highest BCUT2D eigenvalue weighted by molar-refractivity contribution is 7.09. The second-order valence-electron chi connectivity index (χ2n) is 4.52. The maximum atomic E-state index is 6.04. The minimum absolute atomic E-state index is 0.188. The van der Waals surface area contributed by atoms with Crippen LogP contribution in [0.5, 0.6) is 5.75 Å². The maximum Gasteiger partial charge on any atom is 0.125 e. The molecule has 0 aliphatic heterocycles. The average molecular weight is 311 g/mol. The molecule has 0 radical (unpaired) electrons. The van der Waals surface area contributed by atoms with Crippen molar-refractivity contribution in [3.05, 3.63) is 45.4 Å². The second-order valence-corrected chi connectivity index (χ2v) is 5.94. The van der Waals surface area contributed by atoms with E-state index < -0.39 is 0 Å². The fourth-order valence-corrected chi connectivity index (χ4v) is 2.94. The van der Waals surface area contributed by atoms with Crippen LogP contribution in [0.15, 0.2) is 29.8 Å². The standard InChI is InChI=1S/C15H19ClN2OS/c1-3-6-17-13(10-15-18-7-8-20-15)12-5-4-11(16)9-14(12)19-2/h4-5,7-9,13,17H,3,6,10H2,1-2H3. The van der Waals surface area contributed by atoms with Gasteiger partial charge in [-0.05, 0) is 25.1 Å². The van der Waals surface area contributed by atoms with E-state index in [0.717, 1.165) is 35.7 Å². The largest absolute Gasteiger partial charge is 0.496 e. The third kappa shape index (κ3) is 3.95. The highest BCUT2D eigenvalue weighted by Crippen LogP contribution is 2.30. The van der Waals surface area contributed by atoms with Crippen LogP contribution < -0.4 is 10.1 Å². The molecule has 2 rings (SSSR count). The van der Waals surface area contributed by atoms with Crippen molar-refractivity contribution in [2.24, 2.45) is 0 Å². The first-order chi connectivity index (χ1) is 9.74. The van der Waals surface area contributed by atoms with Crippen molar-refractivity contribution in [3.8, 4) is 5.75 Å². The number of halogens is 1. The molecule has 1 heterocycles. The average Bonchev–Trinajstić information content (AvgIpc) is 2.96. The molecule has 1 aromatic carbocycles. The summed E-state index contributed by atoms with van der Waals surface area (Å²) in [4.78, 5) is 4.37. The van der Waals surface area contributed by atoms with Gasteiger partial charge in [-0.25, -0.2) is 4.98 Å². The van der Waals surface area contributed by atoms with Gasteiger partial charge in [-0.2, -0.15) is 0 Å². The zero-order valence-electron chi connectivity index (χ0n) is 11.7. The number of nitrogens with zero attached hydrogens (tertiary/aromatic N) is 1. The number of benzene rings is 1. The molecule has 0 amide bonds. The van der Waals surface area contributed by atoms with Gasteiger partial charge in [0.25, 0.3) is 0 Å². The van der Waals surface area contributed by atoms with Gasteiger partial charge in [0.05, 0.1) is 12.1 Å². The third-order valence-electron chi connectivity index (χ3n) is 3.07. The van der Waals surface area contributed by atoms with Crippen molar-refractivity contribution in [3.63, 3.8) is 0 Å². The lowest BCUT2D eigenvalue weighted by molar-refractivity contribution is 0.398. The molecular formula is C15H19ClN2OS. The van der Waals surface area contributed by atoms with E-state index in [1.54, 1.807) is 18.4 Å². The fourth-order valence-electron chi connectivity index (χ4n) is 2.11. The number of nitrogens with one attached hydrogen (secondary N) is 1. The number of aromatic nitrogens is 1. The van der Waals surface area contributed by atoms with Gasteiger partial charge < -0.3 is 10.1 Å². The molecule has 108 valence electrons. The minimum Gasteiger partial charge on any atom is -0.496 e. The van der Waals surface area contributed by atoms with Gasteiger partial charge in [-0.3, -0.25) is 0 Å². The zero-order valence-corrected chi connectivity index (χ0v) is 13.3. The smallest absolute Gasteiger partial charge is 0.125 e. The SMILES string of the molecule is CCCNC(Cc1nccs1)c1ccc(Cl)cc1OC. The first kappa shape index (κ1) is 15.3. The molecule has 20 heavy (non-hydrogen) atoms. The van der Waals surface area contributed by atoms with Crippen molar-refractivity contribution in [2.75, 3.05) is 13.7 Å². The molecule has 1 N–H and O–H groups in total. The van der Waals surface area contributed by atoms with Crippen molar-refractivity contribution in [1.82, 2.24) is 10.3 Å². The molecule has 1 aromatic heterocycles. The van der Waals surface area contributed by atoms with E-state index in [1.165, 1.54) is 0 Å². The van der Waals surface area contributed by atoms with Gasteiger partial charge in [0, 0.05) is 34.6 Å².